The summed E-state index contributed by atoms with van der Waals surface area (Å²) in [4.78, 5) is 12.5. The monoisotopic (exact) mass is 338 g/mol. The fraction of sp³-hybridized carbons (Fsp3) is 0.0526. The summed E-state index contributed by atoms with van der Waals surface area (Å²) in [5.41, 5.74) is 2.79. The van der Waals surface area contributed by atoms with E-state index in [9.17, 15) is 10.1 Å². The summed E-state index contributed by atoms with van der Waals surface area (Å²) in [6.45, 7) is 0.726. The van der Waals surface area contributed by atoms with Gasteiger partial charge in [-0.25, -0.2) is 0 Å². The average molecular weight is 339 g/mol. The van der Waals surface area contributed by atoms with Crippen molar-refractivity contribution < 1.29 is 4.92 Å². The normalized spacial score (nSPS) is 14.0. The van der Waals surface area contributed by atoms with Gasteiger partial charge >= 0.3 is 0 Å². The number of rotatable bonds is 4. The number of halogens is 1. The van der Waals surface area contributed by atoms with Crippen LogP contribution in [0, 0.1) is 10.1 Å². The molecular weight excluding hydrogens is 324 g/mol. The molecule has 0 spiro atoms. The van der Waals surface area contributed by atoms with Crippen LogP contribution >= 0.6 is 11.6 Å². The molecule has 0 saturated heterocycles. The zero-order valence-corrected chi connectivity index (χ0v) is 13.6. The predicted molar refractivity (Wildman–Crippen MR) is 97.4 cm³/mol. The third-order valence-corrected chi connectivity index (χ3v) is 4.04. The van der Waals surface area contributed by atoms with Crippen molar-refractivity contribution in [1.82, 2.24) is 4.90 Å². The summed E-state index contributed by atoms with van der Waals surface area (Å²) in [5, 5.41) is 11.5. The highest BCUT2D eigenvalue weighted by Crippen LogP contribution is 2.28. The van der Waals surface area contributed by atoms with Gasteiger partial charge in [0.05, 0.1) is 4.92 Å². The van der Waals surface area contributed by atoms with Gasteiger partial charge in [-0.15, -0.1) is 0 Å². The number of non-ortho nitro benzene ring substituents is 1. The lowest BCUT2D eigenvalue weighted by Gasteiger charge is -2.24. The minimum atomic E-state index is -0.398. The van der Waals surface area contributed by atoms with E-state index in [4.69, 9.17) is 11.6 Å². The molecule has 0 aliphatic carbocycles. The second kappa shape index (κ2) is 7.15. The lowest BCUT2D eigenvalue weighted by Crippen LogP contribution is -2.17. The number of hydrogen-bond acceptors (Lipinski definition) is 3. The molecule has 4 nitrogen and oxygen atoms in total. The van der Waals surface area contributed by atoms with Gasteiger partial charge in [0.1, 0.15) is 0 Å². The van der Waals surface area contributed by atoms with E-state index in [0.29, 0.717) is 5.02 Å². The van der Waals surface area contributed by atoms with Crippen LogP contribution in [0.4, 0.5) is 5.69 Å². The molecule has 1 aliphatic rings. The molecule has 0 N–H and O–H groups in total. The van der Waals surface area contributed by atoms with E-state index in [-0.39, 0.29) is 5.69 Å². The Bertz CT molecular complexity index is 839. The zero-order valence-electron chi connectivity index (χ0n) is 12.8. The van der Waals surface area contributed by atoms with Gasteiger partial charge in [-0.2, -0.15) is 0 Å². The van der Waals surface area contributed by atoms with Crippen LogP contribution in [0.1, 0.15) is 11.1 Å². The molecule has 2 aromatic rings. The number of hydrogen-bond donors (Lipinski definition) is 0. The van der Waals surface area contributed by atoms with E-state index in [1.54, 1.807) is 12.1 Å². The molecule has 0 aromatic heterocycles. The molecule has 120 valence electrons. The molecule has 24 heavy (non-hydrogen) atoms. The van der Waals surface area contributed by atoms with Gasteiger partial charge in [-0.3, -0.25) is 10.1 Å². The summed E-state index contributed by atoms with van der Waals surface area (Å²) in [6.07, 6.45) is 9.96. The Morgan fingerprint density at radius 1 is 1.12 bits per heavy atom. The first kappa shape index (κ1) is 16.0. The lowest BCUT2D eigenvalue weighted by atomic mass is 10.1. The number of benzene rings is 2. The third-order valence-electron chi connectivity index (χ3n) is 3.70. The maximum absolute atomic E-state index is 10.9. The molecule has 1 heterocycles. The highest BCUT2D eigenvalue weighted by Gasteiger charge is 2.13. The topological polar surface area (TPSA) is 46.4 Å². The van der Waals surface area contributed by atoms with Gasteiger partial charge in [0.15, 0.2) is 0 Å². The van der Waals surface area contributed by atoms with Gasteiger partial charge in [-0.05, 0) is 41.5 Å². The molecule has 0 amide bonds. The largest absolute Gasteiger partial charge is 0.344 e. The molecule has 0 fully saturated rings. The molecule has 3 rings (SSSR count). The van der Waals surface area contributed by atoms with Crippen molar-refractivity contribution in [3.63, 3.8) is 0 Å². The van der Waals surface area contributed by atoms with Crippen LogP contribution < -0.4 is 0 Å². The van der Waals surface area contributed by atoms with E-state index in [1.165, 1.54) is 12.1 Å². The van der Waals surface area contributed by atoms with Gasteiger partial charge in [-0.1, -0.05) is 42.0 Å². The molecule has 0 saturated carbocycles. The Kier molecular flexibility index (Phi) is 4.77. The standard InChI is InChI=1S/C19H15ClN2O2/c20-18-7-3-2-6-16(18)14-19(21-12-4-1-5-13-21)15-8-10-17(11-9-15)22(23)24/h1-12,14H,13H2. The van der Waals surface area contributed by atoms with E-state index in [2.05, 4.69) is 4.90 Å². The number of nitro groups is 1. The Balaban J connectivity index is 2.05. The van der Waals surface area contributed by atoms with Crippen molar-refractivity contribution in [2.24, 2.45) is 0 Å². The van der Waals surface area contributed by atoms with Crippen LogP contribution in [0.5, 0.6) is 0 Å². The second-order valence-electron chi connectivity index (χ2n) is 5.28. The first-order chi connectivity index (χ1) is 11.6. The van der Waals surface area contributed by atoms with Crippen molar-refractivity contribution >= 4 is 29.1 Å². The highest BCUT2D eigenvalue weighted by atomic mass is 35.5. The maximum atomic E-state index is 10.9. The summed E-state index contributed by atoms with van der Waals surface area (Å²) in [6, 6.07) is 14.1. The van der Waals surface area contributed by atoms with Crippen LogP contribution in [-0.4, -0.2) is 16.4 Å². The molecule has 0 atom stereocenters. The smallest absolute Gasteiger partial charge is 0.269 e. The Morgan fingerprint density at radius 3 is 2.50 bits per heavy atom. The summed E-state index contributed by atoms with van der Waals surface area (Å²) >= 11 is 6.28. The van der Waals surface area contributed by atoms with Gasteiger partial charge in [0.2, 0.25) is 0 Å². The third kappa shape index (κ3) is 3.55. The lowest BCUT2D eigenvalue weighted by molar-refractivity contribution is -0.384. The minimum absolute atomic E-state index is 0.0740. The van der Waals surface area contributed by atoms with E-state index < -0.39 is 4.92 Å². The van der Waals surface area contributed by atoms with Crippen molar-refractivity contribution in [3.8, 4) is 0 Å². The molecular formula is C19H15ClN2O2. The SMILES string of the molecule is O=[N+]([O-])c1ccc(C(=Cc2ccccc2Cl)N2C=CC=CC2)cc1. The van der Waals surface area contributed by atoms with E-state index in [1.807, 2.05) is 54.8 Å². The molecule has 0 unspecified atom stereocenters. The fourth-order valence-electron chi connectivity index (χ4n) is 2.47. The van der Waals surface area contributed by atoms with Gasteiger partial charge in [0.25, 0.3) is 5.69 Å². The van der Waals surface area contributed by atoms with Gasteiger partial charge < -0.3 is 4.90 Å². The van der Waals surface area contributed by atoms with E-state index in [0.717, 1.165) is 23.4 Å². The molecule has 5 heteroatoms. The fourth-order valence-corrected chi connectivity index (χ4v) is 2.66. The van der Waals surface area contributed by atoms with Crippen molar-refractivity contribution in [1.29, 1.82) is 0 Å². The number of allylic oxidation sites excluding steroid dienone is 2. The first-order valence-electron chi connectivity index (χ1n) is 7.46. The molecule has 0 radical (unpaired) electrons. The van der Waals surface area contributed by atoms with Crippen molar-refractivity contribution in [2.45, 2.75) is 0 Å². The van der Waals surface area contributed by atoms with Crippen LogP contribution in [0.25, 0.3) is 11.8 Å². The quantitative estimate of drug-likeness (QED) is 0.441. The number of nitro benzene ring substituents is 1. The highest BCUT2D eigenvalue weighted by molar-refractivity contribution is 6.32. The van der Waals surface area contributed by atoms with Crippen LogP contribution in [0.3, 0.4) is 0 Å². The van der Waals surface area contributed by atoms with Crippen LogP contribution in [0.2, 0.25) is 5.02 Å². The summed E-state index contributed by atoms with van der Waals surface area (Å²) < 4.78 is 0. The second-order valence-corrected chi connectivity index (χ2v) is 5.68. The van der Waals surface area contributed by atoms with E-state index >= 15 is 0 Å². The molecule has 0 bridgehead atoms. The molecule has 1 aliphatic heterocycles. The summed E-state index contributed by atoms with van der Waals surface area (Å²) in [5.74, 6) is 0. The predicted octanol–water partition coefficient (Wildman–Crippen LogP) is 5.13. The Morgan fingerprint density at radius 2 is 1.88 bits per heavy atom. The Hall–Kier alpha value is -2.85. The first-order valence-corrected chi connectivity index (χ1v) is 7.84. The van der Waals surface area contributed by atoms with Crippen molar-refractivity contribution in [3.05, 3.63) is 99.2 Å². The summed E-state index contributed by atoms with van der Waals surface area (Å²) in [7, 11) is 0. The zero-order chi connectivity index (χ0) is 16.9. The average Bonchev–Trinajstić information content (AvgIpc) is 2.62. The van der Waals surface area contributed by atoms with Crippen LogP contribution in [-0.2, 0) is 0 Å². The Labute approximate surface area is 145 Å². The van der Waals surface area contributed by atoms with Crippen molar-refractivity contribution in [2.75, 3.05) is 6.54 Å². The van der Waals surface area contributed by atoms with Gasteiger partial charge in [0, 0.05) is 35.6 Å². The maximum Gasteiger partial charge on any atom is 0.269 e. The number of nitrogens with zero attached hydrogens (tertiary/aromatic N) is 2. The minimum Gasteiger partial charge on any atom is -0.344 e. The molecule has 2 aromatic carbocycles. The van der Waals surface area contributed by atoms with Crippen LogP contribution in [0.15, 0.2) is 73.0 Å².